The van der Waals surface area contributed by atoms with Crippen LogP contribution in [0.25, 0.3) is 0 Å². The largest absolute Gasteiger partial charge is 0.394 e. The predicted molar refractivity (Wildman–Crippen MR) is 76.1 cm³/mol. The van der Waals surface area contributed by atoms with Gasteiger partial charge in [-0.25, -0.2) is 0 Å². The quantitative estimate of drug-likeness (QED) is 0.761. The van der Waals surface area contributed by atoms with E-state index in [1.165, 1.54) is 12.1 Å². The molecule has 1 amide bonds. The lowest BCUT2D eigenvalue weighted by atomic mass is 10.0. The number of benzene rings is 1. The molecule has 1 aromatic carbocycles. The molecule has 0 aromatic heterocycles. The molecule has 1 unspecified atom stereocenters. The molecular formula is C14H19F2NO2S. The summed E-state index contributed by atoms with van der Waals surface area (Å²) in [6.07, 6.45) is 0.631. The maximum Gasteiger partial charge on any atom is 0.288 e. The first-order valence-corrected chi connectivity index (χ1v) is 7.27. The molecule has 0 aliphatic rings. The van der Waals surface area contributed by atoms with Gasteiger partial charge in [0, 0.05) is 4.90 Å². The Hall–Kier alpha value is -1.14. The third-order valence-corrected chi connectivity index (χ3v) is 3.45. The summed E-state index contributed by atoms with van der Waals surface area (Å²) in [5.41, 5.74) is 0.208. The molecule has 0 aliphatic carbocycles. The number of amides is 1. The summed E-state index contributed by atoms with van der Waals surface area (Å²) in [4.78, 5) is 12.4. The summed E-state index contributed by atoms with van der Waals surface area (Å²) >= 11 is 0.345. The maximum atomic E-state index is 12.5. The van der Waals surface area contributed by atoms with Gasteiger partial charge in [0.05, 0.1) is 18.2 Å². The van der Waals surface area contributed by atoms with Crippen molar-refractivity contribution >= 4 is 17.7 Å². The molecule has 0 heterocycles. The fourth-order valence-electron chi connectivity index (χ4n) is 1.86. The summed E-state index contributed by atoms with van der Waals surface area (Å²) in [5.74, 6) is -2.69. The van der Waals surface area contributed by atoms with Gasteiger partial charge in [0.2, 0.25) is 0 Å². The molecule has 0 bridgehead atoms. The van der Waals surface area contributed by atoms with Crippen LogP contribution in [-0.2, 0) is 0 Å². The van der Waals surface area contributed by atoms with Crippen molar-refractivity contribution in [3.63, 3.8) is 0 Å². The van der Waals surface area contributed by atoms with Crippen LogP contribution >= 0.6 is 11.8 Å². The molecule has 3 nitrogen and oxygen atoms in total. The molecule has 1 rings (SSSR count). The van der Waals surface area contributed by atoms with Crippen LogP contribution in [0.2, 0.25) is 0 Å². The Morgan fingerprint density at radius 3 is 2.55 bits per heavy atom. The molecule has 6 heteroatoms. The average Bonchev–Trinajstić information content (AvgIpc) is 2.37. The van der Waals surface area contributed by atoms with Crippen molar-refractivity contribution in [2.75, 3.05) is 6.61 Å². The lowest BCUT2D eigenvalue weighted by Gasteiger charge is -2.19. The first-order chi connectivity index (χ1) is 9.43. The number of hydrogen-bond acceptors (Lipinski definition) is 3. The number of nitrogens with one attached hydrogen (secondary N) is 1. The highest BCUT2D eigenvalue weighted by atomic mass is 32.2. The maximum absolute atomic E-state index is 12.5. The Labute approximate surface area is 121 Å². The van der Waals surface area contributed by atoms with Gasteiger partial charge < -0.3 is 10.4 Å². The molecular weight excluding hydrogens is 284 g/mol. The second-order valence-corrected chi connectivity index (χ2v) is 5.89. The SMILES string of the molecule is CC(C)CC(CO)NC(=O)c1ccccc1SC(F)F. The minimum absolute atomic E-state index is 0.173. The predicted octanol–water partition coefficient (Wildman–Crippen LogP) is 3.14. The number of rotatable bonds is 7. The van der Waals surface area contributed by atoms with Crippen molar-refractivity contribution < 1.29 is 18.7 Å². The second-order valence-electron chi connectivity index (χ2n) is 4.86. The number of aliphatic hydroxyl groups is 1. The van der Waals surface area contributed by atoms with E-state index >= 15 is 0 Å². The van der Waals surface area contributed by atoms with Gasteiger partial charge in [-0.1, -0.05) is 37.7 Å². The van der Waals surface area contributed by atoms with Gasteiger partial charge in [-0.3, -0.25) is 4.79 Å². The number of halogens is 2. The first-order valence-electron chi connectivity index (χ1n) is 6.39. The minimum atomic E-state index is -2.58. The highest BCUT2D eigenvalue weighted by Gasteiger charge is 2.18. The van der Waals surface area contributed by atoms with Crippen molar-refractivity contribution in [2.24, 2.45) is 5.92 Å². The van der Waals surface area contributed by atoms with E-state index in [4.69, 9.17) is 0 Å². The van der Waals surface area contributed by atoms with E-state index in [-0.39, 0.29) is 23.1 Å². The fourth-order valence-corrected chi connectivity index (χ4v) is 2.50. The van der Waals surface area contributed by atoms with Crippen LogP contribution in [-0.4, -0.2) is 29.4 Å². The molecule has 0 saturated heterocycles. The van der Waals surface area contributed by atoms with Gasteiger partial charge in [0.1, 0.15) is 0 Å². The summed E-state index contributed by atoms with van der Waals surface area (Å²) < 4.78 is 24.9. The summed E-state index contributed by atoms with van der Waals surface area (Å²) in [6.45, 7) is 3.79. The molecule has 1 atom stereocenters. The molecule has 0 aliphatic heterocycles. The zero-order valence-corrected chi connectivity index (χ0v) is 12.3. The van der Waals surface area contributed by atoms with Crippen molar-refractivity contribution in [1.82, 2.24) is 5.32 Å². The van der Waals surface area contributed by atoms with Crippen LogP contribution in [0.5, 0.6) is 0 Å². The monoisotopic (exact) mass is 303 g/mol. The van der Waals surface area contributed by atoms with Crippen LogP contribution in [0, 0.1) is 5.92 Å². The molecule has 0 fully saturated rings. The van der Waals surface area contributed by atoms with Gasteiger partial charge in [-0.2, -0.15) is 8.78 Å². The van der Waals surface area contributed by atoms with E-state index in [0.29, 0.717) is 24.1 Å². The van der Waals surface area contributed by atoms with Gasteiger partial charge in [-0.05, 0) is 24.5 Å². The second kappa shape index (κ2) is 8.21. The summed E-state index contributed by atoms with van der Waals surface area (Å²) in [7, 11) is 0. The van der Waals surface area contributed by atoms with E-state index < -0.39 is 11.7 Å². The number of hydrogen-bond donors (Lipinski definition) is 2. The highest BCUT2D eigenvalue weighted by Crippen LogP contribution is 2.28. The topological polar surface area (TPSA) is 49.3 Å². The Bertz CT molecular complexity index is 441. The highest BCUT2D eigenvalue weighted by molar-refractivity contribution is 7.99. The van der Waals surface area contributed by atoms with Crippen molar-refractivity contribution in [3.05, 3.63) is 29.8 Å². The van der Waals surface area contributed by atoms with E-state index in [1.807, 2.05) is 13.8 Å². The first kappa shape index (κ1) is 16.9. The van der Waals surface area contributed by atoms with Crippen molar-refractivity contribution in [2.45, 2.75) is 37.0 Å². The Balaban J connectivity index is 2.80. The molecule has 112 valence electrons. The standard InChI is InChI=1S/C14H19F2NO2S/c1-9(2)7-10(8-18)17-13(19)11-5-3-4-6-12(11)20-14(15)16/h3-6,9-10,14,18H,7-8H2,1-2H3,(H,17,19). The van der Waals surface area contributed by atoms with Crippen molar-refractivity contribution in [1.29, 1.82) is 0 Å². The van der Waals surface area contributed by atoms with Crippen LogP contribution in [0.1, 0.15) is 30.6 Å². The van der Waals surface area contributed by atoms with Gasteiger partial charge in [0.15, 0.2) is 0 Å². The van der Waals surface area contributed by atoms with Crippen molar-refractivity contribution in [3.8, 4) is 0 Å². The smallest absolute Gasteiger partial charge is 0.288 e. The van der Waals surface area contributed by atoms with E-state index in [9.17, 15) is 18.7 Å². The van der Waals surface area contributed by atoms with Crippen LogP contribution in [0.4, 0.5) is 8.78 Å². The molecule has 0 saturated carbocycles. The number of alkyl halides is 2. The lowest BCUT2D eigenvalue weighted by molar-refractivity contribution is 0.0905. The number of aliphatic hydroxyl groups excluding tert-OH is 1. The average molecular weight is 303 g/mol. The lowest BCUT2D eigenvalue weighted by Crippen LogP contribution is -2.38. The Kier molecular flexibility index (Phi) is 6.95. The van der Waals surface area contributed by atoms with E-state index in [1.54, 1.807) is 12.1 Å². The van der Waals surface area contributed by atoms with Gasteiger partial charge in [0.25, 0.3) is 11.7 Å². The molecule has 0 spiro atoms. The van der Waals surface area contributed by atoms with E-state index in [0.717, 1.165) is 0 Å². The molecule has 0 radical (unpaired) electrons. The molecule has 2 N–H and O–H groups in total. The minimum Gasteiger partial charge on any atom is -0.394 e. The zero-order valence-electron chi connectivity index (χ0n) is 11.5. The van der Waals surface area contributed by atoms with E-state index in [2.05, 4.69) is 5.32 Å². The third-order valence-electron chi connectivity index (χ3n) is 2.66. The Morgan fingerprint density at radius 2 is 2.00 bits per heavy atom. The van der Waals surface area contributed by atoms with Crippen LogP contribution < -0.4 is 5.32 Å². The molecule has 20 heavy (non-hydrogen) atoms. The summed E-state index contributed by atoms with van der Waals surface area (Å²) in [5, 5.41) is 11.9. The van der Waals surface area contributed by atoms with Gasteiger partial charge >= 0.3 is 0 Å². The van der Waals surface area contributed by atoms with Gasteiger partial charge in [-0.15, -0.1) is 0 Å². The third kappa shape index (κ3) is 5.46. The summed E-state index contributed by atoms with van der Waals surface area (Å²) in [6, 6.07) is 5.86. The van der Waals surface area contributed by atoms with Crippen LogP contribution in [0.3, 0.4) is 0 Å². The Morgan fingerprint density at radius 1 is 1.35 bits per heavy atom. The molecule has 1 aromatic rings. The number of thioether (sulfide) groups is 1. The van der Waals surface area contributed by atoms with Crippen LogP contribution in [0.15, 0.2) is 29.2 Å². The zero-order chi connectivity index (χ0) is 15.1. The number of carbonyl (C=O) groups excluding carboxylic acids is 1. The normalized spacial score (nSPS) is 12.8. The number of carbonyl (C=O) groups is 1. The fraction of sp³-hybridized carbons (Fsp3) is 0.500.